The molecule has 15 nitrogen and oxygen atoms in total. The predicted molar refractivity (Wildman–Crippen MR) is 173 cm³/mol. The van der Waals surface area contributed by atoms with Gasteiger partial charge in [-0.3, -0.25) is 9.59 Å². The fraction of sp³-hybridized carbons (Fsp3) is 0.727. The van der Waals surface area contributed by atoms with E-state index in [2.05, 4.69) is 10.6 Å². The molecule has 0 bridgehead atoms. The van der Waals surface area contributed by atoms with E-state index >= 15 is 0 Å². The Labute approximate surface area is 282 Å². The molecule has 1 aliphatic heterocycles. The van der Waals surface area contributed by atoms with Crippen molar-refractivity contribution in [1.82, 2.24) is 10.6 Å². The first-order valence-corrected chi connectivity index (χ1v) is 16.4. The molecule has 0 spiro atoms. The van der Waals surface area contributed by atoms with Crippen LogP contribution in [0.3, 0.4) is 0 Å². The summed E-state index contributed by atoms with van der Waals surface area (Å²) < 4.78 is 43.6. The first-order valence-electron chi connectivity index (χ1n) is 16.4. The third-order valence-corrected chi connectivity index (χ3v) is 6.86. The number of hydrogen-bond donors (Lipinski definition) is 4. The van der Waals surface area contributed by atoms with E-state index in [0.717, 1.165) is 5.56 Å². The minimum atomic E-state index is -1.06. The lowest BCUT2D eigenvalue weighted by Gasteiger charge is -2.25. The number of hydrogen-bond acceptors (Lipinski definition) is 12. The van der Waals surface area contributed by atoms with Crippen LogP contribution in [0.4, 0.5) is 0 Å². The molecular weight excluding hydrogens is 632 g/mol. The summed E-state index contributed by atoms with van der Waals surface area (Å²) in [6.45, 7) is 10.7. The van der Waals surface area contributed by atoms with Crippen LogP contribution in [0.5, 0.6) is 5.75 Å². The number of aliphatic hydroxyl groups is 1. The van der Waals surface area contributed by atoms with E-state index in [4.69, 9.17) is 37.9 Å². The molecule has 274 valence electrons. The highest BCUT2D eigenvalue weighted by Crippen LogP contribution is 2.27. The predicted octanol–water partition coefficient (Wildman–Crippen LogP) is 1.28. The Morgan fingerprint density at radius 1 is 0.771 bits per heavy atom. The lowest BCUT2D eigenvalue weighted by atomic mass is 9.86. The van der Waals surface area contributed by atoms with Gasteiger partial charge in [0.15, 0.2) is 12.9 Å². The maximum absolute atomic E-state index is 12.1. The molecule has 4 N–H and O–H groups in total. The first kappa shape index (κ1) is 41.3. The molecule has 48 heavy (non-hydrogen) atoms. The van der Waals surface area contributed by atoms with Crippen LogP contribution in [0.25, 0.3) is 0 Å². The molecule has 1 heterocycles. The van der Waals surface area contributed by atoms with Gasteiger partial charge in [-0.25, -0.2) is 4.79 Å². The second-order valence-corrected chi connectivity index (χ2v) is 12.0. The molecule has 0 saturated carbocycles. The van der Waals surface area contributed by atoms with Crippen LogP contribution in [0.1, 0.15) is 56.0 Å². The average molecular weight is 687 g/mol. The Bertz CT molecular complexity index is 1060. The Kier molecular flexibility index (Phi) is 20.9. The Morgan fingerprint density at radius 3 is 1.90 bits per heavy atom. The summed E-state index contributed by atoms with van der Waals surface area (Å²) in [6, 6.07) is 4.75. The minimum absolute atomic E-state index is 0.107. The van der Waals surface area contributed by atoms with Gasteiger partial charge in [0.25, 0.3) is 5.91 Å². The van der Waals surface area contributed by atoms with Gasteiger partial charge in [-0.15, -0.1) is 0 Å². The number of amides is 2. The lowest BCUT2D eigenvalue weighted by molar-refractivity contribution is -0.191. The largest absolute Gasteiger partial charge is 0.484 e. The van der Waals surface area contributed by atoms with E-state index in [-0.39, 0.29) is 42.1 Å². The highest BCUT2D eigenvalue weighted by atomic mass is 16.7. The van der Waals surface area contributed by atoms with Gasteiger partial charge in [0.05, 0.1) is 91.0 Å². The van der Waals surface area contributed by atoms with Crippen LogP contribution in [0.15, 0.2) is 18.2 Å². The zero-order valence-electron chi connectivity index (χ0n) is 28.5. The van der Waals surface area contributed by atoms with Crippen molar-refractivity contribution in [2.24, 2.45) is 0 Å². The summed E-state index contributed by atoms with van der Waals surface area (Å²) >= 11 is 0. The van der Waals surface area contributed by atoms with Crippen LogP contribution < -0.4 is 15.4 Å². The molecule has 0 aliphatic carbocycles. The van der Waals surface area contributed by atoms with Crippen LogP contribution >= 0.6 is 0 Å². The van der Waals surface area contributed by atoms with Crippen LogP contribution in [-0.2, 0) is 48.2 Å². The molecule has 2 amide bonds. The molecule has 2 unspecified atom stereocenters. The highest BCUT2D eigenvalue weighted by molar-refractivity contribution is 5.88. The molecule has 2 rings (SSSR count). The SMILES string of the molecule is CC(C)(C)c1cc(OCC(=O)NCCOCCOCCOCCOCCC(=O)NCCOCCOC2CCC(O)CO2)cc(C(=O)O)c1. The smallest absolute Gasteiger partial charge is 0.335 e. The van der Waals surface area contributed by atoms with E-state index in [0.29, 0.717) is 111 Å². The van der Waals surface area contributed by atoms with Crippen molar-refractivity contribution >= 4 is 17.8 Å². The summed E-state index contributed by atoms with van der Waals surface area (Å²) in [7, 11) is 0. The van der Waals surface area contributed by atoms with Gasteiger partial charge in [-0.2, -0.15) is 0 Å². The number of carboxylic acids is 1. The van der Waals surface area contributed by atoms with E-state index in [1.165, 1.54) is 6.07 Å². The number of carbonyl (C=O) groups is 3. The number of nitrogens with one attached hydrogen (secondary N) is 2. The highest BCUT2D eigenvalue weighted by Gasteiger charge is 2.20. The average Bonchev–Trinajstić information content (AvgIpc) is 3.05. The summed E-state index contributed by atoms with van der Waals surface area (Å²) in [5, 5.41) is 24.2. The second kappa shape index (κ2) is 24.3. The molecule has 1 aliphatic rings. The van der Waals surface area contributed by atoms with E-state index in [9.17, 15) is 24.6 Å². The molecule has 15 heteroatoms. The van der Waals surface area contributed by atoms with Crippen LogP contribution in [0, 0.1) is 0 Å². The normalized spacial score (nSPS) is 16.4. The van der Waals surface area contributed by atoms with E-state index in [1.807, 2.05) is 20.8 Å². The summed E-state index contributed by atoms with van der Waals surface area (Å²) in [5.41, 5.74) is 0.635. The van der Waals surface area contributed by atoms with Gasteiger partial charge in [-0.05, 0) is 35.6 Å². The molecule has 1 fully saturated rings. The van der Waals surface area contributed by atoms with E-state index in [1.54, 1.807) is 12.1 Å². The molecule has 0 aromatic heterocycles. The molecule has 2 atom stereocenters. The van der Waals surface area contributed by atoms with Crippen molar-refractivity contribution in [3.05, 3.63) is 29.3 Å². The molecule has 1 saturated heterocycles. The lowest BCUT2D eigenvalue weighted by Crippen LogP contribution is -2.32. The maximum atomic E-state index is 12.1. The van der Waals surface area contributed by atoms with Gasteiger partial charge in [0.1, 0.15) is 5.75 Å². The van der Waals surface area contributed by atoms with Crippen LogP contribution in [0.2, 0.25) is 0 Å². The van der Waals surface area contributed by atoms with Crippen molar-refractivity contribution in [1.29, 1.82) is 0 Å². The first-order chi connectivity index (χ1) is 23.0. The molecular formula is C33H54N2O13. The van der Waals surface area contributed by atoms with Gasteiger partial charge in [0, 0.05) is 25.9 Å². The number of benzene rings is 1. The third-order valence-electron chi connectivity index (χ3n) is 6.86. The van der Waals surface area contributed by atoms with Crippen molar-refractivity contribution in [3.8, 4) is 5.75 Å². The van der Waals surface area contributed by atoms with Gasteiger partial charge < -0.3 is 58.7 Å². The Balaban J connectivity index is 1.31. The number of carbonyl (C=O) groups excluding carboxylic acids is 2. The Hall–Kier alpha value is -2.89. The van der Waals surface area contributed by atoms with Gasteiger partial charge >= 0.3 is 5.97 Å². The van der Waals surface area contributed by atoms with Crippen LogP contribution in [-0.4, -0.2) is 139 Å². The number of aliphatic hydroxyl groups excluding tert-OH is 1. The van der Waals surface area contributed by atoms with Crippen molar-refractivity contribution in [2.45, 2.75) is 57.8 Å². The number of rotatable bonds is 26. The number of carboxylic acid groups (broad SMARTS) is 1. The minimum Gasteiger partial charge on any atom is -0.484 e. The monoisotopic (exact) mass is 686 g/mol. The maximum Gasteiger partial charge on any atom is 0.335 e. The fourth-order valence-corrected chi connectivity index (χ4v) is 4.16. The summed E-state index contributed by atoms with van der Waals surface area (Å²) in [4.78, 5) is 35.4. The van der Waals surface area contributed by atoms with Gasteiger partial charge in [0.2, 0.25) is 5.91 Å². The zero-order valence-corrected chi connectivity index (χ0v) is 28.5. The third kappa shape index (κ3) is 19.8. The van der Waals surface area contributed by atoms with Crippen molar-refractivity contribution in [3.63, 3.8) is 0 Å². The van der Waals surface area contributed by atoms with E-state index < -0.39 is 12.1 Å². The topological polar surface area (TPSA) is 190 Å². The standard InChI is InChI=1S/C33H54N2O13/c1-33(2,3)26-20-25(32(39)40)21-28(22-26)47-24-30(38)35-8-11-42-13-15-45-17-16-44-14-12-41-9-6-29(37)34-7-10-43-18-19-46-31-5-4-27(36)23-48-31/h20-22,27,31,36H,4-19,23-24H2,1-3H3,(H,34,37)(H,35,38)(H,39,40). The Morgan fingerprint density at radius 2 is 1.33 bits per heavy atom. The molecule has 1 aromatic carbocycles. The number of aromatic carboxylic acids is 1. The fourth-order valence-electron chi connectivity index (χ4n) is 4.16. The zero-order chi connectivity index (χ0) is 35.0. The molecule has 0 radical (unpaired) electrons. The molecule has 1 aromatic rings. The summed E-state index contributed by atoms with van der Waals surface area (Å²) in [6.07, 6.45) is 0.882. The number of ether oxygens (including phenoxy) is 8. The van der Waals surface area contributed by atoms with Gasteiger partial charge in [-0.1, -0.05) is 20.8 Å². The summed E-state index contributed by atoms with van der Waals surface area (Å²) in [5.74, 6) is -1.19. The quantitative estimate of drug-likeness (QED) is 0.102. The second-order valence-electron chi connectivity index (χ2n) is 12.0. The van der Waals surface area contributed by atoms with Crippen molar-refractivity contribution in [2.75, 3.05) is 99.0 Å². The van der Waals surface area contributed by atoms with Crippen molar-refractivity contribution < 1.29 is 62.5 Å².